The zero-order chi connectivity index (χ0) is 12.1. The van der Waals surface area contributed by atoms with E-state index in [0.717, 1.165) is 17.5 Å². The number of rotatable bonds is 4. The Bertz CT molecular complexity index is 460. The predicted octanol–water partition coefficient (Wildman–Crippen LogP) is 3.27. The molecule has 0 spiro atoms. The molecular weight excluding hydrogens is 208 g/mol. The number of hydrogen-bond acceptors (Lipinski definition) is 2. The third-order valence-electron chi connectivity index (χ3n) is 2.70. The smallest absolute Gasteiger partial charge is 0.0250 e. The number of nitrogens with one attached hydrogen (secondary N) is 2. The van der Waals surface area contributed by atoms with Crippen molar-refractivity contribution >= 4 is 12.4 Å². The lowest BCUT2D eigenvalue weighted by Gasteiger charge is -2.03. The molecule has 0 aliphatic rings. The van der Waals surface area contributed by atoms with Gasteiger partial charge in [-0.3, -0.25) is 0 Å². The second kappa shape index (κ2) is 5.21. The molecule has 84 valence electrons. The Morgan fingerprint density at radius 2 is 1.00 bits per heavy atom. The molecule has 0 aliphatic carbocycles. The Morgan fingerprint density at radius 3 is 1.29 bits per heavy atom. The summed E-state index contributed by atoms with van der Waals surface area (Å²) in [7, 11) is 0. The van der Waals surface area contributed by atoms with E-state index in [2.05, 4.69) is 0 Å². The Hall–Kier alpha value is -2.22. The molecule has 17 heavy (non-hydrogen) atoms. The molecule has 0 atom stereocenters. The summed E-state index contributed by atoms with van der Waals surface area (Å²) in [4.78, 5) is 0. The standard InChI is InChI=1S/C15H14N2/c16-10-14-5-1-12(2-6-14)9-13-3-7-15(11-17)8-4-13/h1-8,10-11,16-17H,9H2. The molecule has 0 fully saturated rings. The van der Waals surface area contributed by atoms with Gasteiger partial charge in [0.2, 0.25) is 0 Å². The zero-order valence-corrected chi connectivity index (χ0v) is 9.48. The first kappa shape index (κ1) is 11.3. The van der Waals surface area contributed by atoms with Gasteiger partial charge in [-0.05, 0) is 28.7 Å². The van der Waals surface area contributed by atoms with Crippen LogP contribution in [0.1, 0.15) is 22.3 Å². The monoisotopic (exact) mass is 222 g/mol. The van der Waals surface area contributed by atoms with E-state index in [1.807, 2.05) is 48.5 Å². The molecule has 0 radical (unpaired) electrons. The van der Waals surface area contributed by atoms with Gasteiger partial charge in [0.05, 0.1) is 0 Å². The molecule has 0 saturated carbocycles. The Kier molecular flexibility index (Phi) is 3.46. The predicted molar refractivity (Wildman–Crippen MR) is 71.5 cm³/mol. The van der Waals surface area contributed by atoms with E-state index in [0.29, 0.717) is 0 Å². The van der Waals surface area contributed by atoms with Crippen LogP contribution in [0.15, 0.2) is 48.5 Å². The lowest BCUT2D eigenvalue weighted by molar-refractivity contribution is 1.19. The van der Waals surface area contributed by atoms with Crippen molar-refractivity contribution in [1.29, 1.82) is 10.8 Å². The quantitative estimate of drug-likeness (QED) is 0.746. The molecule has 0 unspecified atom stereocenters. The van der Waals surface area contributed by atoms with E-state index < -0.39 is 0 Å². The molecule has 0 bridgehead atoms. The molecule has 0 aromatic heterocycles. The van der Waals surface area contributed by atoms with Crippen molar-refractivity contribution in [2.75, 3.05) is 0 Å². The van der Waals surface area contributed by atoms with Crippen LogP contribution in [0.5, 0.6) is 0 Å². The van der Waals surface area contributed by atoms with E-state index in [1.165, 1.54) is 23.6 Å². The van der Waals surface area contributed by atoms with E-state index in [9.17, 15) is 0 Å². The highest BCUT2D eigenvalue weighted by molar-refractivity contribution is 5.77. The SMILES string of the molecule is N=Cc1ccc(Cc2ccc(C=N)cc2)cc1. The van der Waals surface area contributed by atoms with Gasteiger partial charge in [0, 0.05) is 12.4 Å². The van der Waals surface area contributed by atoms with E-state index in [-0.39, 0.29) is 0 Å². The molecule has 0 saturated heterocycles. The fourth-order valence-electron chi connectivity index (χ4n) is 1.70. The van der Waals surface area contributed by atoms with Crippen LogP contribution in [0, 0.1) is 10.8 Å². The van der Waals surface area contributed by atoms with Crippen molar-refractivity contribution in [1.82, 2.24) is 0 Å². The van der Waals surface area contributed by atoms with Gasteiger partial charge in [0.1, 0.15) is 0 Å². The van der Waals surface area contributed by atoms with Gasteiger partial charge in [0.15, 0.2) is 0 Å². The molecule has 2 nitrogen and oxygen atoms in total. The summed E-state index contributed by atoms with van der Waals surface area (Å²) in [6.07, 6.45) is 3.59. The van der Waals surface area contributed by atoms with Gasteiger partial charge >= 0.3 is 0 Å². The topological polar surface area (TPSA) is 47.7 Å². The van der Waals surface area contributed by atoms with Crippen molar-refractivity contribution in [3.05, 3.63) is 70.8 Å². The van der Waals surface area contributed by atoms with E-state index in [1.54, 1.807) is 0 Å². The second-order valence-electron chi connectivity index (χ2n) is 3.95. The van der Waals surface area contributed by atoms with Crippen LogP contribution in [-0.2, 0) is 6.42 Å². The fourth-order valence-corrected chi connectivity index (χ4v) is 1.70. The minimum Gasteiger partial charge on any atom is -0.308 e. The van der Waals surface area contributed by atoms with Crippen molar-refractivity contribution in [3.8, 4) is 0 Å². The molecule has 2 aromatic carbocycles. The highest BCUT2D eigenvalue weighted by Gasteiger charge is 1.96. The molecular formula is C15H14N2. The summed E-state index contributed by atoms with van der Waals surface area (Å²) >= 11 is 0. The molecule has 2 N–H and O–H groups in total. The average molecular weight is 222 g/mol. The maximum Gasteiger partial charge on any atom is 0.0250 e. The van der Waals surface area contributed by atoms with E-state index >= 15 is 0 Å². The molecule has 0 heterocycles. The largest absolute Gasteiger partial charge is 0.308 e. The van der Waals surface area contributed by atoms with E-state index in [4.69, 9.17) is 10.8 Å². The second-order valence-corrected chi connectivity index (χ2v) is 3.95. The summed E-state index contributed by atoms with van der Waals surface area (Å²) in [6.45, 7) is 0. The third-order valence-corrected chi connectivity index (χ3v) is 2.70. The summed E-state index contributed by atoms with van der Waals surface area (Å²) in [5.41, 5.74) is 4.32. The van der Waals surface area contributed by atoms with Crippen LogP contribution < -0.4 is 0 Å². The fraction of sp³-hybridized carbons (Fsp3) is 0.0667. The highest BCUT2D eigenvalue weighted by Crippen LogP contribution is 2.11. The van der Waals surface area contributed by atoms with Gasteiger partial charge in [-0.1, -0.05) is 48.5 Å². The average Bonchev–Trinajstić information content (AvgIpc) is 2.40. The summed E-state index contributed by atoms with van der Waals surface area (Å²) in [5, 5.41) is 14.3. The minimum absolute atomic E-state index is 0.885. The van der Waals surface area contributed by atoms with Crippen LogP contribution in [-0.4, -0.2) is 12.4 Å². The summed E-state index contributed by atoms with van der Waals surface area (Å²) < 4.78 is 0. The lowest BCUT2D eigenvalue weighted by Crippen LogP contribution is -1.90. The summed E-state index contributed by atoms with van der Waals surface area (Å²) in [5.74, 6) is 0. The molecule has 2 heteroatoms. The zero-order valence-electron chi connectivity index (χ0n) is 9.48. The van der Waals surface area contributed by atoms with Crippen molar-refractivity contribution in [2.24, 2.45) is 0 Å². The van der Waals surface area contributed by atoms with Crippen LogP contribution >= 0.6 is 0 Å². The van der Waals surface area contributed by atoms with Gasteiger partial charge in [-0.2, -0.15) is 0 Å². The van der Waals surface area contributed by atoms with Crippen molar-refractivity contribution < 1.29 is 0 Å². The Labute approximate surface area is 101 Å². The first-order valence-electron chi connectivity index (χ1n) is 5.50. The Balaban J connectivity index is 2.13. The van der Waals surface area contributed by atoms with Crippen molar-refractivity contribution in [2.45, 2.75) is 6.42 Å². The molecule has 0 aliphatic heterocycles. The van der Waals surface area contributed by atoms with Crippen LogP contribution in [0.3, 0.4) is 0 Å². The number of hydrogen-bond donors (Lipinski definition) is 2. The Morgan fingerprint density at radius 1 is 0.647 bits per heavy atom. The lowest BCUT2D eigenvalue weighted by atomic mass is 10.0. The molecule has 2 rings (SSSR count). The first-order chi connectivity index (χ1) is 8.31. The highest BCUT2D eigenvalue weighted by atomic mass is 14.3. The van der Waals surface area contributed by atoms with Crippen LogP contribution in [0.25, 0.3) is 0 Å². The maximum atomic E-state index is 7.13. The number of benzene rings is 2. The third kappa shape index (κ3) is 2.88. The van der Waals surface area contributed by atoms with Gasteiger partial charge < -0.3 is 10.8 Å². The van der Waals surface area contributed by atoms with Crippen LogP contribution in [0.4, 0.5) is 0 Å². The van der Waals surface area contributed by atoms with Crippen molar-refractivity contribution in [3.63, 3.8) is 0 Å². The first-order valence-corrected chi connectivity index (χ1v) is 5.50. The minimum atomic E-state index is 0.885. The van der Waals surface area contributed by atoms with Crippen LogP contribution in [0.2, 0.25) is 0 Å². The van der Waals surface area contributed by atoms with Gasteiger partial charge in [0.25, 0.3) is 0 Å². The van der Waals surface area contributed by atoms with Gasteiger partial charge in [-0.15, -0.1) is 0 Å². The maximum absolute atomic E-state index is 7.13. The normalized spacial score (nSPS) is 9.88. The molecule has 2 aromatic rings. The van der Waals surface area contributed by atoms with Gasteiger partial charge in [-0.25, -0.2) is 0 Å². The summed E-state index contributed by atoms with van der Waals surface area (Å²) in [6, 6.07) is 16.0. The molecule has 0 amide bonds.